The van der Waals surface area contributed by atoms with E-state index in [1.54, 1.807) is 7.11 Å². The lowest BCUT2D eigenvalue weighted by molar-refractivity contribution is -0.135. The maximum Gasteiger partial charge on any atom is 0.236 e. The van der Waals surface area contributed by atoms with Crippen molar-refractivity contribution in [1.82, 2.24) is 15.1 Å². The van der Waals surface area contributed by atoms with E-state index in [0.717, 1.165) is 17.7 Å². The second-order valence-corrected chi connectivity index (χ2v) is 8.94. The molecule has 7 heteroatoms. The zero-order valence-electron chi connectivity index (χ0n) is 19.6. The van der Waals surface area contributed by atoms with Crippen molar-refractivity contribution in [1.29, 1.82) is 0 Å². The average Bonchev–Trinajstić information content (AvgIpc) is 2.78. The van der Waals surface area contributed by atoms with Crippen LogP contribution in [0.3, 0.4) is 0 Å². The Morgan fingerprint density at radius 3 is 2.88 bits per heavy atom. The van der Waals surface area contributed by atoms with Gasteiger partial charge < -0.3 is 19.7 Å². The number of methoxy groups -OCH3 is 1. The fourth-order valence-electron chi connectivity index (χ4n) is 4.39. The number of nitrogens with one attached hydrogen (secondary N) is 1. The number of carbonyl (C=O) groups excluding carboxylic acids is 2. The highest BCUT2D eigenvalue weighted by Gasteiger charge is 2.32. The molecule has 0 unspecified atom stereocenters. The summed E-state index contributed by atoms with van der Waals surface area (Å²) in [6.45, 7) is 8.12. The van der Waals surface area contributed by atoms with Crippen LogP contribution in [0.15, 0.2) is 36.4 Å². The van der Waals surface area contributed by atoms with Gasteiger partial charge in [-0.25, -0.2) is 0 Å². The smallest absolute Gasteiger partial charge is 0.236 e. The van der Waals surface area contributed by atoms with Gasteiger partial charge in [-0.3, -0.25) is 14.5 Å². The van der Waals surface area contributed by atoms with Gasteiger partial charge in [-0.1, -0.05) is 30.4 Å². The molecule has 32 heavy (non-hydrogen) atoms. The molecule has 0 spiro atoms. The Balaban J connectivity index is 1.76. The van der Waals surface area contributed by atoms with E-state index in [9.17, 15) is 9.59 Å². The molecule has 2 atom stereocenters. The van der Waals surface area contributed by atoms with Gasteiger partial charge in [-0.2, -0.15) is 0 Å². The third kappa shape index (κ3) is 6.81. The van der Waals surface area contributed by atoms with Gasteiger partial charge in [-0.05, 0) is 38.2 Å². The summed E-state index contributed by atoms with van der Waals surface area (Å²) in [5.74, 6) is 1.38. The van der Waals surface area contributed by atoms with E-state index < -0.39 is 0 Å². The molecule has 0 radical (unpaired) electrons. The Morgan fingerprint density at radius 1 is 1.28 bits per heavy atom. The Hall–Kier alpha value is -2.38. The number of rotatable bonds is 6. The minimum absolute atomic E-state index is 0.0410. The fraction of sp³-hybridized carbons (Fsp3) is 0.600. The fourth-order valence-corrected chi connectivity index (χ4v) is 4.39. The van der Waals surface area contributed by atoms with Gasteiger partial charge in [0.15, 0.2) is 0 Å². The molecule has 7 nitrogen and oxygen atoms in total. The highest BCUT2D eigenvalue weighted by atomic mass is 16.5. The largest absolute Gasteiger partial charge is 0.489 e. The van der Waals surface area contributed by atoms with Crippen molar-refractivity contribution in [3.8, 4) is 5.75 Å². The molecule has 2 heterocycles. The van der Waals surface area contributed by atoms with Crippen molar-refractivity contribution in [3.63, 3.8) is 0 Å². The number of carbonyl (C=O) groups is 2. The summed E-state index contributed by atoms with van der Waals surface area (Å²) in [5.41, 5.74) is 1.09. The van der Waals surface area contributed by atoms with Gasteiger partial charge in [-0.15, -0.1) is 0 Å². The molecule has 3 rings (SSSR count). The standard InChI is InChI=1S/C25H37N3O4/c1-19(2)28-17-22-7-4-5-9-23(22)32-13-6-8-21-16-27(25(30)18-28)12-10-20(21)15-24(29)26-11-14-31-3/h4-9,19-21H,10-18H2,1-3H3,(H,26,29)/b8-6-/t20-,21-/m0/s1. The molecule has 1 aromatic rings. The van der Waals surface area contributed by atoms with Crippen molar-refractivity contribution < 1.29 is 19.1 Å². The third-order valence-electron chi connectivity index (χ3n) is 6.37. The molecule has 2 bridgehead atoms. The first kappa shape index (κ1) is 24.3. The Bertz CT molecular complexity index is 795. The number of nitrogens with zero attached hydrogens (tertiary/aromatic N) is 2. The summed E-state index contributed by atoms with van der Waals surface area (Å²) in [5, 5.41) is 2.92. The van der Waals surface area contributed by atoms with Crippen LogP contribution in [0.5, 0.6) is 5.75 Å². The van der Waals surface area contributed by atoms with Gasteiger partial charge in [0, 0.05) is 51.3 Å². The van der Waals surface area contributed by atoms with E-state index in [4.69, 9.17) is 9.47 Å². The summed E-state index contributed by atoms with van der Waals surface area (Å²) in [7, 11) is 1.62. The molecule has 1 aromatic carbocycles. The first-order valence-corrected chi connectivity index (χ1v) is 11.6. The van der Waals surface area contributed by atoms with Crippen LogP contribution in [-0.2, 0) is 20.9 Å². The van der Waals surface area contributed by atoms with Crippen LogP contribution in [0.1, 0.15) is 32.3 Å². The summed E-state index contributed by atoms with van der Waals surface area (Å²) in [6, 6.07) is 8.27. The second kappa shape index (κ2) is 12.0. The minimum Gasteiger partial charge on any atom is -0.489 e. The number of benzene rings is 1. The van der Waals surface area contributed by atoms with Crippen molar-refractivity contribution in [2.45, 2.75) is 39.3 Å². The molecule has 2 aliphatic heterocycles. The average molecular weight is 444 g/mol. The highest BCUT2D eigenvalue weighted by molar-refractivity contribution is 5.79. The van der Waals surface area contributed by atoms with Crippen LogP contribution in [0, 0.1) is 11.8 Å². The first-order chi connectivity index (χ1) is 15.5. The third-order valence-corrected chi connectivity index (χ3v) is 6.37. The van der Waals surface area contributed by atoms with Crippen molar-refractivity contribution in [3.05, 3.63) is 42.0 Å². The topological polar surface area (TPSA) is 71.1 Å². The molecule has 1 N–H and O–H groups in total. The van der Waals surface area contributed by atoms with Gasteiger partial charge in [0.1, 0.15) is 12.4 Å². The quantitative estimate of drug-likeness (QED) is 0.540. The maximum atomic E-state index is 13.2. The zero-order chi connectivity index (χ0) is 22.9. The molecule has 0 aromatic heterocycles. The number of para-hydroxylation sites is 1. The molecule has 0 aliphatic carbocycles. The van der Waals surface area contributed by atoms with E-state index in [1.807, 2.05) is 29.2 Å². The number of hydrogen-bond acceptors (Lipinski definition) is 5. The SMILES string of the molecule is COCCNC(=O)C[C@@H]1CCN2C[C@@H]1/C=C\COc1ccccc1CN(C(C)C)CC2=O. The minimum atomic E-state index is 0.0410. The molecule has 2 amide bonds. The first-order valence-electron chi connectivity index (χ1n) is 11.6. The van der Waals surface area contributed by atoms with Crippen molar-refractivity contribution in [2.75, 3.05) is 46.5 Å². The molecule has 1 fully saturated rings. The summed E-state index contributed by atoms with van der Waals surface area (Å²) in [4.78, 5) is 29.7. The zero-order valence-corrected chi connectivity index (χ0v) is 19.6. The molecular formula is C25H37N3O4. The Labute approximate surface area is 191 Å². The highest BCUT2D eigenvalue weighted by Crippen LogP contribution is 2.29. The van der Waals surface area contributed by atoms with Crippen LogP contribution >= 0.6 is 0 Å². The monoisotopic (exact) mass is 443 g/mol. The van der Waals surface area contributed by atoms with Crippen LogP contribution in [0.4, 0.5) is 0 Å². The number of hydrogen-bond donors (Lipinski definition) is 1. The molecule has 0 saturated carbocycles. The predicted octanol–water partition coefficient (Wildman–Crippen LogP) is 2.46. The number of ether oxygens (including phenoxy) is 2. The molecule has 2 aliphatic rings. The normalized spacial score (nSPS) is 23.4. The van der Waals surface area contributed by atoms with E-state index in [-0.39, 0.29) is 29.7 Å². The van der Waals surface area contributed by atoms with Crippen LogP contribution in [0.25, 0.3) is 0 Å². The lowest BCUT2D eigenvalue weighted by Gasteiger charge is -2.38. The van der Waals surface area contributed by atoms with E-state index in [2.05, 4.69) is 36.2 Å². The van der Waals surface area contributed by atoms with Crippen LogP contribution in [-0.4, -0.2) is 74.2 Å². The number of piperidine rings is 1. The Kier molecular flexibility index (Phi) is 9.11. The second-order valence-electron chi connectivity index (χ2n) is 8.94. The number of fused-ring (bicyclic) bond motifs is 3. The summed E-state index contributed by atoms with van der Waals surface area (Å²) >= 11 is 0. The van der Waals surface area contributed by atoms with Crippen molar-refractivity contribution in [2.24, 2.45) is 11.8 Å². The maximum absolute atomic E-state index is 13.2. The van der Waals surface area contributed by atoms with Crippen LogP contribution < -0.4 is 10.1 Å². The lowest BCUT2D eigenvalue weighted by Crippen LogP contribution is -2.48. The van der Waals surface area contributed by atoms with Crippen LogP contribution in [0.2, 0.25) is 0 Å². The Morgan fingerprint density at radius 2 is 2.09 bits per heavy atom. The molecule has 1 saturated heterocycles. The van der Waals surface area contributed by atoms with Crippen molar-refractivity contribution >= 4 is 11.8 Å². The van der Waals surface area contributed by atoms with E-state index in [0.29, 0.717) is 52.4 Å². The van der Waals surface area contributed by atoms with Gasteiger partial charge >= 0.3 is 0 Å². The van der Waals surface area contributed by atoms with Gasteiger partial charge in [0.05, 0.1) is 13.2 Å². The van der Waals surface area contributed by atoms with Gasteiger partial charge in [0.2, 0.25) is 11.8 Å². The lowest BCUT2D eigenvalue weighted by atomic mass is 9.82. The summed E-state index contributed by atoms with van der Waals surface area (Å²) in [6.07, 6.45) is 5.44. The van der Waals surface area contributed by atoms with E-state index in [1.165, 1.54) is 0 Å². The summed E-state index contributed by atoms with van der Waals surface area (Å²) < 4.78 is 11.1. The number of amides is 2. The van der Waals surface area contributed by atoms with E-state index >= 15 is 0 Å². The molecule has 176 valence electrons. The predicted molar refractivity (Wildman–Crippen MR) is 124 cm³/mol. The van der Waals surface area contributed by atoms with Gasteiger partial charge in [0.25, 0.3) is 0 Å². The molecular weight excluding hydrogens is 406 g/mol.